The first-order valence-electron chi connectivity index (χ1n) is 5.30. The highest BCUT2D eigenvalue weighted by atomic mass is 16.5. The van der Waals surface area contributed by atoms with Crippen molar-refractivity contribution in [3.05, 3.63) is 6.33 Å². The molecule has 1 atom stereocenters. The second-order valence-corrected chi connectivity index (χ2v) is 3.54. The molecule has 2 heterocycles. The van der Waals surface area contributed by atoms with Gasteiger partial charge in [0.05, 0.1) is 12.4 Å². The van der Waals surface area contributed by atoms with E-state index in [1.807, 2.05) is 6.92 Å². The van der Waals surface area contributed by atoms with E-state index in [1.165, 1.54) is 0 Å². The van der Waals surface area contributed by atoms with E-state index in [2.05, 4.69) is 32.2 Å². The largest absolute Gasteiger partial charge is 0.473 e. The number of aromatic nitrogens is 4. The van der Waals surface area contributed by atoms with E-state index in [1.54, 1.807) is 13.4 Å². The summed E-state index contributed by atoms with van der Waals surface area (Å²) in [6.07, 6.45) is 2.63. The number of ether oxygens (including phenoxy) is 1. The van der Waals surface area contributed by atoms with Gasteiger partial charge in [-0.25, -0.2) is 4.98 Å². The third-order valence-electron chi connectivity index (χ3n) is 2.36. The molecule has 0 aromatic carbocycles. The van der Waals surface area contributed by atoms with E-state index >= 15 is 0 Å². The molecule has 2 aromatic heterocycles. The molecule has 1 unspecified atom stereocenters. The van der Waals surface area contributed by atoms with Gasteiger partial charge >= 0.3 is 0 Å². The number of nitrogens with one attached hydrogen (secondary N) is 2. The summed E-state index contributed by atoms with van der Waals surface area (Å²) in [6, 6.07) is 0. The summed E-state index contributed by atoms with van der Waals surface area (Å²) in [5, 5.41) is 2.88. The summed E-state index contributed by atoms with van der Waals surface area (Å²) in [5.41, 5.74) is 1.34. The van der Waals surface area contributed by atoms with E-state index in [-0.39, 0.29) is 6.10 Å². The molecule has 0 saturated heterocycles. The van der Waals surface area contributed by atoms with Crippen molar-refractivity contribution in [1.29, 1.82) is 0 Å². The Kier molecular flexibility index (Phi) is 2.89. The highest BCUT2D eigenvalue weighted by molar-refractivity contribution is 5.76. The molecule has 2 rings (SSSR count). The van der Waals surface area contributed by atoms with Crippen LogP contribution >= 0.6 is 0 Å². The van der Waals surface area contributed by atoms with Crippen LogP contribution < -0.4 is 10.1 Å². The number of fused-ring (bicyclic) bond motifs is 1. The molecule has 0 aliphatic carbocycles. The van der Waals surface area contributed by atoms with Gasteiger partial charge in [-0.2, -0.15) is 9.97 Å². The van der Waals surface area contributed by atoms with E-state index in [9.17, 15) is 0 Å². The number of aromatic amines is 1. The van der Waals surface area contributed by atoms with Crippen LogP contribution in [0.15, 0.2) is 6.33 Å². The Labute approximate surface area is 93.5 Å². The van der Waals surface area contributed by atoms with Crippen molar-refractivity contribution in [2.24, 2.45) is 0 Å². The van der Waals surface area contributed by atoms with Crippen LogP contribution in [-0.4, -0.2) is 33.1 Å². The first-order chi connectivity index (χ1) is 7.74. The Balaban J connectivity index is 2.44. The molecule has 6 heteroatoms. The number of anilines is 1. The summed E-state index contributed by atoms with van der Waals surface area (Å²) in [4.78, 5) is 15.5. The maximum absolute atomic E-state index is 5.72. The molecule has 86 valence electrons. The molecule has 2 N–H and O–H groups in total. The van der Waals surface area contributed by atoms with Gasteiger partial charge in [0, 0.05) is 7.05 Å². The van der Waals surface area contributed by atoms with Crippen LogP contribution in [0.1, 0.15) is 20.3 Å². The third kappa shape index (κ3) is 1.91. The Morgan fingerprint density at radius 3 is 3.00 bits per heavy atom. The average Bonchev–Trinajstić information content (AvgIpc) is 2.76. The Hall–Kier alpha value is -1.85. The Morgan fingerprint density at radius 1 is 1.50 bits per heavy atom. The van der Waals surface area contributed by atoms with Gasteiger partial charge in [-0.1, -0.05) is 6.92 Å². The zero-order valence-corrected chi connectivity index (χ0v) is 9.61. The molecule has 0 bridgehead atoms. The maximum Gasteiger partial charge on any atom is 0.245 e. The number of H-pyrrole nitrogens is 1. The van der Waals surface area contributed by atoms with Crippen molar-refractivity contribution < 1.29 is 4.74 Å². The van der Waals surface area contributed by atoms with Crippen LogP contribution in [0.4, 0.5) is 5.95 Å². The highest BCUT2D eigenvalue weighted by Gasteiger charge is 2.12. The molecule has 0 radical (unpaired) electrons. The molecule has 0 saturated carbocycles. The molecule has 0 spiro atoms. The maximum atomic E-state index is 5.72. The fourth-order valence-electron chi connectivity index (χ4n) is 1.28. The first-order valence-corrected chi connectivity index (χ1v) is 5.30. The fraction of sp³-hybridized carbons (Fsp3) is 0.500. The van der Waals surface area contributed by atoms with Crippen LogP contribution in [0.25, 0.3) is 11.2 Å². The fourth-order valence-corrected chi connectivity index (χ4v) is 1.28. The van der Waals surface area contributed by atoms with Crippen LogP contribution in [-0.2, 0) is 0 Å². The second kappa shape index (κ2) is 4.34. The molecule has 0 aliphatic heterocycles. The molecule has 0 amide bonds. The van der Waals surface area contributed by atoms with Crippen molar-refractivity contribution in [3.8, 4) is 5.88 Å². The van der Waals surface area contributed by atoms with E-state index in [4.69, 9.17) is 4.74 Å². The number of imidazole rings is 1. The Morgan fingerprint density at radius 2 is 2.31 bits per heavy atom. The molecule has 16 heavy (non-hydrogen) atoms. The summed E-state index contributed by atoms with van der Waals surface area (Å²) < 4.78 is 5.72. The predicted octanol–water partition coefficient (Wildman–Crippen LogP) is 1.57. The van der Waals surface area contributed by atoms with Crippen LogP contribution in [0.3, 0.4) is 0 Å². The minimum atomic E-state index is 0.117. The lowest BCUT2D eigenvalue weighted by Gasteiger charge is -2.12. The lowest BCUT2D eigenvalue weighted by molar-refractivity contribution is 0.211. The van der Waals surface area contributed by atoms with E-state index in [0.29, 0.717) is 17.5 Å². The van der Waals surface area contributed by atoms with Crippen LogP contribution in [0.2, 0.25) is 0 Å². The second-order valence-electron chi connectivity index (χ2n) is 3.54. The zero-order valence-electron chi connectivity index (χ0n) is 9.61. The molecule has 0 fully saturated rings. The van der Waals surface area contributed by atoms with Crippen molar-refractivity contribution in [2.45, 2.75) is 26.4 Å². The number of rotatable bonds is 4. The lowest BCUT2D eigenvalue weighted by atomic mass is 10.3. The van der Waals surface area contributed by atoms with Crippen LogP contribution in [0.5, 0.6) is 5.88 Å². The van der Waals surface area contributed by atoms with Gasteiger partial charge in [0.2, 0.25) is 11.8 Å². The first kappa shape index (κ1) is 10.7. The van der Waals surface area contributed by atoms with Crippen molar-refractivity contribution in [1.82, 2.24) is 19.9 Å². The smallest absolute Gasteiger partial charge is 0.245 e. The summed E-state index contributed by atoms with van der Waals surface area (Å²) in [7, 11) is 1.76. The van der Waals surface area contributed by atoms with Gasteiger partial charge < -0.3 is 15.0 Å². The van der Waals surface area contributed by atoms with Crippen molar-refractivity contribution in [3.63, 3.8) is 0 Å². The summed E-state index contributed by atoms with van der Waals surface area (Å²) in [6.45, 7) is 4.07. The van der Waals surface area contributed by atoms with Gasteiger partial charge in [0.25, 0.3) is 0 Å². The standard InChI is InChI=1S/C10H15N5O/c1-4-6(2)16-9-7-8(13-5-12-7)14-10(11-3)15-9/h5-6H,4H2,1-3H3,(H2,11,12,13,14,15). The van der Waals surface area contributed by atoms with Gasteiger partial charge in [-0.3, -0.25) is 0 Å². The topological polar surface area (TPSA) is 75.7 Å². The summed E-state index contributed by atoms with van der Waals surface area (Å²) in [5.74, 6) is 1.05. The summed E-state index contributed by atoms with van der Waals surface area (Å²) >= 11 is 0. The quantitative estimate of drug-likeness (QED) is 0.819. The van der Waals surface area contributed by atoms with Gasteiger partial charge in [0.1, 0.15) is 5.52 Å². The number of hydrogen-bond donors (Lipinski definition) is 2. The number of hydrogen-bond acceptors (Lipinski definition) is 5. The zero-order chi connectivity index (χ0) is 11.5. The minimum Gasteiger partial charge on any atom is -0.473 e. The van der Waals surface area contributed by atoms with E-state index in [0.717, 1.165) is 11.9 Å². The van der Waals surface area contributed by atoms with Gasteiger partial charge in [-0.15, -0.1) is 0 Å². The predicted molar refractivity (Wildman–Crippen MR) is 61.6 cm³/mol. The molecule has 0 aliphatic rings. The Bertz CT molecular complexity index is 481. The monoisotopic (exact) mass is 221 g/mol. The molecule has 2 aromatic rings. The van der Waals surface area contributed by atoms with Gasteiger partial charge in [0.15, 0.2) is 5.65 Å². The van der Waals surface area contributed by atoms with Crippen molar-refractivity contribution >= 4 is 17.1 Å². The normalized spacial score (nSPS) is 12.7. The SMILES string of the molecule is CCC(C)Oc1nc(NC)nc2nc[nH]c12. The van der Waals surface area contributed by atoms with Crippen LogP contribution in [0, 0.1) is 0 Å². The average molecular weight is 221 g/mol. The highest BCUT2D eigenvalue weighted by Crippen LogP contribution is 2.22. The minimum absolute atomic E-state index is 0.117. The molecule has 6 nitrogen and oxygen atoms in total. The molecular weight excluding hydrogens is 206 g/mol. The third-order valence-corrected chi connectivity index (χ3v) is 2.36. The number of nitrogens with zero attached hydrogens (tertiary/aromatic N) is 3. The molecular formula is C10H15N5O. The van der Waals surface area contributed by atoms with Gasteiger partial charge in [-0.05, 0) is 13.3 Å². The lowest BCUT2D eigenvalue weighted by Crippen LogP contribution is -2.12. The van der Waals surface area contributed by atoms with Crippen molar-refractivity contribution in [2.75, 3.05) is 12.4 Å². The van der Waals surface area contributed by atoms with E-state index < -0.39 is 0 Å².